The molecular weight excluding hydrogens is 808 g/mol. The van der Waals surface area contributed by atoms with Crippen molar-refractivity contribution >= 4 is 21.8 Å². The molecule has 0 saturated carbocycles. The van der Waals surface area contributed by atoms with E-state index < -0.39 is 0 Å². The molecule has 1 unspecified atom stereocenters. The smallest absolute Gasteiger partial charge is 0.509 e. The van der Waals surface area contributed by atoms with Crippen LogP contribution in [-0.2, 0) is 27.5 Å². The predicted octanol–water partition coefficient (Wildman–Crippen LogP) is 11.8. The number of nitrogens with zero attached hydrogens (tertiary/aromatic N) is 4. The van der Waals surface area contributed by atoms with Gasteiger partial charge >= 0.3 is 21.1 Å². The molecule has 262 valence electrons. The van der Waals surface area contributed by atoms with Crippen molar-refractivity contribution in [3.8, 4) is 34.1 Å². The zero-order valence-electron chi connectivity index (χ0n) is 30.7. The molecule has 0 radical (unpaired) electrons. The SMILES string of the molecule is CCc1cc(Oc2[c-]c3c(cc2)c2cc(C(C)CCCC(C)C)ccc2n3-c2cc(C)ccn2)[c-]c(-n2nc(C)c(-c3ccccc3)c2C)c1.[Pt+2]. The molecule has 1 atom stereocenters. The number of aromatic nitrogens is 4. The molecular formula is C45H46N4OPt. The Morgan fingerprint density at radius 1 is 0.804 bits per heavy atom. The summed E-state index contributed by atoms with van der Waals surface area (Å²) in [5.74, 6) is 3.36. The van der Waals surface area contributed by atoms with Crippen molar-refractivity contribution in [3.63, 3.8) is 0 Å². The van der Waals surface area contributed by atoms with Crippen molar-refractivity contribution < 1.29 is 25.8 Å². The number of benzene rings is 4. The van der Waals surface area contributed by atoms with Gasteiger partial charge in [-0.15, -0.1) is 35.7 Å². The van der Waals surface area contributed by atoms with Gasteiger partial charge in [0.1, 0.15) is 5.82 Å². The summed E-state index contributed by atoms with van der Waals surface area (Å²) in [6.07, 6.45) is 6.43. The predicted molar refractivity (Wildman–Crippen MR) is 206 cm³/mol. The number of hydrogen-bond donors (Lipinski definition) is 0. The molecule has 0 N–H and O–H groups in total. The molecule has 7 aromatic rings. The maximum Gasteiger partial charge on any atom is 2.00 e. The summed E-state index contributed by atoms with van der Waals surface area (Å²) >= 11 is 0. The molecule has 0 aliphatic heterocycles. The molecule has 6 heteroatoms. The molecule has 4 aromatic carbocycles. The van der Waals surface area contributed by atoms with Gasteiger partial charge in [-0.2, -0.15) is 16.7 Å². The van der Waals surface area contributed by atoms with Crippen molar-refractivity contribution in [3.05, 3.63) is 131 Å². The van der Waals surface area contributed by atoms with Gasteiger partial charge in [0, 0.05) is 34.5 Å². The standard InChI is InChI=1S/C45H46N4O.Pt/c1-8-34-24-37(49-33(7)45(32(6)47-49)35-15-10-9-11-16-35)27-39(25-34)50-38-18-19-40-41-26-36(31(5)14-12-13-29(2)3)17-20-42(41)48(43(40)28-38)44-23-30(4)21-22-46-44;/h9-11,15-26,29,31H,8,12-14H2,1-7H3;/q-2;+2. The van der Waals surface area contributed by atoms with E-state index in [1.807, 2.05) is 29.1 Å². The zero-order valence-corrected chi connectivity index (χ0v) is 32.9. The largest absolute Gasteiger partial charge is 2.00 e. The second-order valence-corrected chi connectivity index (χ2v) is 14.1. The van der Waals surface area contributed by atoms with E-state index in [2.05, 4.69) is 132 Å². The van der Waals surface area contributed by atoms with Gasteiger partial charge in [-0.3, -0.25) is 4.68 Å². The summed E-state index contributed by atoms with van der Waals surface area (Å²) in [5, 5.41) is 7.30. The van der Waals surface area contributed by atoms with Crippen LogP contribution in [0.4, 0.5) is 0 Å². The molecule has 0 fully saturated rings. The molecule has 0 saturated heterocycles. The molecule has 3 aromatic heterocycles. The van der Waals surface area contributed by atoms with Gasteiger partial charge in [-0.05, 0) is 85.0 Å². The van der Waals surface area contributed by atoms with E-state index >= 15 is 0 Å². The van der Waals surface area contributed by atoms with Crippen LogP contribution in [0.3, 0.4) is 0 Å². The fourth-order valence-corrected chi connectivity index (χ4v) is 7.16. The Balaban J connectivity index is 0.00000448. The van der Waals surface area contributed by atoms with Crippen molar-refractivity contribution in [2.45, 2.75) is 80.1 Å². The first-order valence-electron chi connectivity index (χ1n) is 18.0. The third-order valence-corrected chi connectivity index (χ3v) is 9.89. The molecule has 0 bridgehead atoms. The van der Waals surface area contributed by atoms with Crippen LogP contribution >= 0.6 is 0 Å². The first kappa shape index (κ1) is 36.3. The number of pyridine rings is 1. The second kappa shape index (κ2) is 15.4. The third kappa shape index (κ3) is 7.46. The first-order chi connectivity index (χ1) is 24.2. The van der Waals surface area contributed by atoms with Crippen molar-refractivity contribution in [1.29, 1.82) is 0 Å². The summed E-state index contributed by atoms with van der Waals surface area (Å²) in [6, 6.07) is 37.1. The Kier molecular flexibility index (Phi) is 11.0. The molecule has 0 aliphatic rings. The summed E-state index contributed by atoms with van der Waals surface area (Å²) in [6.45, 7) is 15.4. The molecule has 0 amide bonds. The van der Waals surface area contributed by atoms with E-state index in [1.54, 1.807) is 0 Å². The van der Waals surface area contributed by atoms with Crippen LogP contribution in [0.15, 0.2) is 91.1 Å². The number of hydrogen-bond acceptors (Lipinski definition) is 3. The number of aryl methyl sites for hydroxylation is 3. The molecule has 7 rings (SSSR count). The summed E-state index contributed by atoms with van der Waals surface area (Å²) < 4.78 is 10.8. The first-order valence-corrected chi connectivity index (χ1v) is 18.0. The monoisotopic (exact) mass is 853 g/mol. The summed E-state index contributed by atoms with van der Waals surface area (Å²) in [5.41, 5.74) is 11.0. The van der Waals surface area contributed by atoms with E-state index in [4.69, 9.17) is 14.8 Å². The van der Waals surface area contributed by atoms with Crippen LogP contribution in [0.25, 0.3) is 44.4 Å². The molecule has 3 heterocycles. The van der Waals surface area contributed by atoms with Crippen LogP contribution < -0.4 is 4.74 Å². The number of fused-ring (bicyclic) bond motifs is 3. The van der Waals surface area contributed by atoms with E-state index in [-0.39, 0.29) is 21.1 Å². The van der Waals surface area contributed by atoms with E-state index in [0.29, 0.717) is 17.4 Å². The number of rotatable bonds is 11. The van der Waals surface area contributed by atoms with E-state index in [1.165, 1.54) is 30.2 Å². The van der Waals surface area contributed by atoms with Gasteiger partial charge < -0.3 is 9.30 Å². The maximum atomic E-state index is 6.60. The van der Waals surface area contributed by atoms with E-state index in [9.17, 15) is 0 Å². The minimum absolute atomic E-state index is 0. The van der Waals surface area contributed by atoms with Crippen LogP contribution in [0.2, 0.25) is 0 Å². The minimum Gasteiger partial charge on any atom is -0.509 e. The quantitative estimate of drug-likeness (QED) is 0.122. The van der Waals surface area contributed by atoms with Crippen molar-refractivity contribution in [1.82, 2.24) is 19.3 Å². The van der Waals surface area contributed by atoms with Crippen molar-refractivity contribution in [2.24, 2.45) is 5.92 Å². The van der Waals surface area contributed by atoms with Gasteiger partial charge in [-0.1, -0.05) is 94.9 Å². The Labute approximate surface area is 317 Å². The fourth-order valence-electron chi connectivity index (χ4n) is 7.16. The van der Waals surface area contributed by atoms with Crippen LogP contribution in [-0.4, -0.2) is 19.3 Å². The van der Waals surface area contributed by atoms with Crippen molar-refractivity contribution in [2.75, 3.05) is 0 Å². The zero-order chi connectivity index (χ0) is 34.9. The second-order valence-electron chi connectivity index (χ2n) is 14.1. The summed E-state index contributed by atoms with van der Waals surface area (Å²) in [7, 11) is 0. The molecule has 5 nitrogen and oxygen atoms in total. The Morgan fingerprint density at radius 3 is 2.35 bits per heavy atom. The molecule has 0 spiro atoms. The van der Waals surface area contributed by atoms with E-state index in [0.717, 1.165) is 73.9 Å². The van der Waals surface area contributed by atoms with Gasteiger partial charge in [0.25, 0.3) is 0 Å². The number of ether oxygens (including phenoxy) is 1. The fraction of sp³-hybridized carbons (Fsp3) is 0.289. The maximum absolute atomic E-state index is 6.60. The Morgan fingerprint density at radius 2 is 1.61 bits per heavy atom. The normalized spacial score (nSPS) is 12.1. The Hall–Kier alpha value is -4.47. The van der Waals surface area contributed by atoms with Crippen LogP contribution in [0.5, 0.6) is 11.5 Å². The average Bonchev–Trinajstić information content (AvgIpc) is 3.60. The molecule has 51 heavy (non-hydrogen) atoms. The van der Waals surface area contributed by atoms with Gasteiger partial charge in [0.2, 0.25) is 0 Å². The van der Waals surface area contributed by atoms with Crippen LogP contribution in [0, 0.1) is 38.8 Å². The third-order valence-electron chi connectivity index (χ3n) is 9.89. The molecule has 0 aliphatic carbocycles. The van der Waals surface area contributed by atoms with Crippen LogP contribution in [0.1, 0.15) is 81.0 Å². The van der Waals surface area contributed by atoms with Gasteiger partial charge in [0.15, 0.2) is 0 Å². The Bertz CT molecular complexity index is 2300. The van der Waals surface area contributed by atoms with Gasteiger partial charge in [-0.25, -0.2) is 4.98 Å². The topological polar surface area (TPSA) is 44.9 Å². The van der Waals surface area contributed by atoms with Gasteiger partial charge in [0.05, 0.1) is 5.69 Å². The summed E-state index contributed by atoms with van der Waals surface area (Å²) in [4.78, 5) is 4.80. The minimum atomic E-state index is 0. The average molecular weight is 854 g/mol.